The zero-order chi connectivity index (χ0) is 21.3. The van der Waals surface area contributed by atoms with Crippen molar-refractivity contribution in [1.29, 1.82) is 0 Å². The summed E-state index contributed by atoms with van der Waals surface area (Å²) in [5.74, 6) is 1.16. The summed E-state index contributed by atoms with van der Waals surface area (Å²) in [5.41, 5.74) is 7.34. The molecule has 0 atom stereocenters. The second kappa shape index (κ2) is 8.25. The third-order valence-electron chi connectivity index (χ3n) is 5.45. The summed E-state index contributed by atoms with van der Waals surface area (Å²) in [4.78, 5) is 8.89. The number of nitrogens with zero attached hydrogens (tertiary/aromatic N) is 6. The number of hydrogen-bond acceptors (Lipinski definition) is 9. The monoisotopic (exact) mass is 426 g/mol. The average molecular weight is 426 g/mol. The van der Waals surface area contributed by atoms with Crippen molar-refractivity contribution in [3.8, 4) is 11.6 Å². The van der Waals surface area contributed by atoms with Gasteiger partial charge in [0.25, 0.3) is 0 Å². The molecule has 0 saturated carbocycles. The van der Waals surface area contributed by atoms with E-state index in [2.05, 4.69) is 32.4 Å². The van der Waals surface area contributed by atoms with Crippen molar-refractivity contribution in [2.24, 2.45) is 0 Å². The van der Waals surface area contributed by atoms with Crippen molar-refractivity contribution >= 4 is 22.6 Å². The van der Waals surface area contributed by atoms with Gasteiger partial charge < -0.3 is 24.9 Å². The Hall–Kier alpha value is -3.02. The number of fused-ring (bicyclic) bond motifs is 3. The SMILES string of the molecule is C1CC2(CCN1)OCCO2.CCCn1ncc2c1nc(N)n1nc(-c3ccco3)nc21. The normalized spacial score (nSPS) is 18.0. The van der Waals surface area contributed by atoms with E-state index in [9.17, 15) is 0 Å². The predicted molar refractivity (Wildman–Crippen MR) is 113 cm³/mol. The Kier molecular flexibility index (Phi) is 5.30. The van der Waals surface area contributed by atoms with Crippen LogP contribution in [-0.4, -0.2) is 61.5 Å². The smallest absolute Gasteiger partial charge is 0.225 e. The lowest BCUT2D eigenvalue weighted by Gasteiger charge is -2.31. The lowest BCUT2D eigenvalue weighted by Crippen LogP contribution is -2.42. The van der Waals surface area contributed by atoms with Gasteiger partial charge in [0.2, 0.25) is 11.8 Å². The lowest BCUT2D eigenvalue weighted by molar-refractivity contribution is -0.172. The van der Waals surface area contributed by atoms with Crippen LogP contribution in [0.5, 0.6) is 0 Å². The van der Waals surface area contributed by atoms with E-state index in [-0.39, 0.29) is 11.7 Å². The van der Waals surface area contributed by atoms with E-state index in [4.69, 9.17) is 19.6 Å². The van der Waals surface area contributed by atoms with E-state index in [1.165, 1.54) is 4.52 Å². The number of ether oxygens (including phenoxy) is 2. The molecule has 4 aromatic heterocycles. The number of furan rings is 1. The molecule has 2 aliphatic rings. The Balaban J connectivity index is 0.000000171. The summed E-state index contributed by atoms with van der Waals surface area (Å²) in [6, 6.07) is 3.59. The molecular weight excluding hydrogens is 400 g/mol. The molecule has 0 unspecified atom stereocenters. The van der Waals surface area contributed by atoms with Crippen molar-refractivity contribution in [2.75, 3.05) is 32.0 Å². The van der Waals surface area contributed by atoms with Crippen molar-refractivity contribution < 1.29 is 13.9 Å². The van der Waals surface area contributed by atoms with E-state index in [0.717, 1.165) is 63.1 Å². The number of anilines is 1. The van der Waals surface area contributed by atoms with Crippen LogP contribution in [0.4, 0.5) is 5.95 Å². The third-order valence-corrected chi connectivity index (χ3v) is 5.45. The molecule has 3 N–H and O–H groups in total. The number of nitrogens with two attached hydrogens (primary N) is 1. The van der Waals surface area contributed by atoms with Crippen LogP contribution < -0.4 is 11.1 Å². The highest BCUT2D eigenvalue weighted by Gasteiger charge is 2.37. The molecule has 2 saturated heterocycles. The maximum absolute atomic E-state index is 5.99. The molecule has 0 amide bonds. The Morgan fingerprint density at radius 1 is 1.16 bits per heavy atom. The molecule has 11 heteroatoms. The molecule has 1 spiro atoms. The first kappa shape index (κ1) is 19.9. The minimum Gasteiger partial charge on any atom is -0.461 e. The van der Waals surface area contributed by atoms with Gasteiger partial charge in [0.1, 0.15) is 0 Å². The van der Waals surface area contributed by atoms with Gasteiger partial charge in [0, 0.05) is 32.5 Å². The Morgan fingerprint density at radius 3 is 2.68 bits per heavy atom. The molecule has 6 heterocycles. The molecular formula is C20H26N8O3. The van der Waals surface area contributed by atoms with E-state index in [1.807, 2.05) is 4.68 Å². The summed E-state index contributed by atoms with van der Waals surface area (Å²) in [6.07, 6.45) is 6.30. The fourth-order valence-electron chi connectivity index (χ4n) is 3.94. The third kappa shape index (κ3) is 3.75. The first-order valence-corrected chi connectivity index (χ1v) is 10.6. The van der Waals surface area contributed by atoms with Gasteiger partial charge in [-0.15, -0.1) is 5.10 Å². The predicted octanol–water partition coefficient (Wildman–Crippen LogP) is 1.84. The first-order chi connectivity index (χ1) is 15.2. The maximum Gasteiger partial charge on any atom is 0.225 e. The van der Waals surface area contributed by atoms with E-state index in [1.54, 1.807) is 24.6 Å². The summed E-state index contributed by atoms with van der Waals surface area (Å²) >= 11 is 0. The van der Waals surface area contributed by atoms with Crippen molar-refractivity contribution in [3.63, 3.8) is 0 Å². The number of nitrogen functional groups attached to an aromatic ring is 1. The number of aryl methyl sites for hydroxylation is 1. The van der Waals surface area contributed by atoms with Gasteiger partial charge >= 0.3 is 0 Å². The summed E-state index contributed by atoms with van der Waals surface area (Å²) in [7, 11) is 0. The van der Waals surface area contributed by atoms with Gasteiger partial charge in [0.05, 0.1) is 31.1 Å². The quantitative estimate of drug-likeness (QED) is 0.504. The van der Waals surface area contributed by atoms with Crippen LogP contribution in [0, 0.1) is 0 Å². The minimum absolute atomic E-state index is 0.189. The highest BCUT2D eigenvalue weighted by Crippen LogP contribution is 2.28. The number of rotatable bonds is 3. The van der Waals surface area contributed by atoms with Gasteiger partial charge in [-0.3, -0.25) is 0 Å². The van der Waals surface area contributed by atoms with Gasteiger partial charge in [-0.05, 0) is 18.6 Å². The highest BCUT2D eigenvalue weighted by atomic mass is 16.7. The molecule has 0 aromatic carbocycles. The largest absolute Gasteiger partial charge is 0.461 e. The fraction of sp³-hybridized carbons (Fsp3) is 0.500. The Labute approximate surface area is 178 Å². The zero-order valence-electron chi connectivity index (χ0n) is 17.5. The van der Waals surface area contributed by atoms with E-state index >= 15 is 0 Å². The van der Waals surface area contributed by atoms with Crippen LogP contribution in [0.25, 0.3) is 28.3 Å². The van der Waals surface area contributed by atoms with Crippen molar-refractivity contribution in [3.05, 3.63) is 24.6 Å². The molecule has 2 fully saturated rings. The summed E-state index contributed by atoms with van der Waals surface area (Å²) in [6.45, 7) is 6.48. The Bertz CT molecular complexity index is 1150. The second-order valence-corrected chi connectivity index (χ2v) is 7.58. The molecule has 2 aliphatic heterocycles. The van der Waals surface area contributed by atoms with Crippen LogP contribution in [0.3, 0.4) is 0 Å². The standard InChI is InChI=1S/C13H13N7O.C7H13NO2/c1-2-5-19-11-8(7-15-19)12-16-10(9-4-3-6-21-9)18-20(12)13(14)17-11;1-3-8-4-2-7(1)9-5-6-10-7/h3-4,6-7H,2,5H2,1H3,(H2,14,17);8H,1-6H2. The number of aromatic nitrogens is 6. The fourth-order valence-corrected chi connectivity index (χ4v) is 3.94. The number of nitrogens with one attached hydrogen (secondary N) is 1. The lowest BCUT2D eigenvalue weighted by atomic mass is 10.1. The van der Waals surface area contributed by atoms with Gasteiger partial charge in [-0.25, -0.2) is 9.67 Å². The molecule has 164 valence electrons. The molecule has 0 bridgehead atoms. The maximum atomic E-state index is 5.99. The summed E-state index contributed by atoms with van der Waals surface area (Å²) in [5, 5.41) is 12.8. The molecule has 11 nitrogen and oxygen atoms in total. The summed E-state index contributed by atoms with van der Waals surface area (Å²) < 4.78 is 19.7. The highest BCUT2D eigenvalue weighted by molar-refractivity contribution is 5.90. The molecule has 31 heavy (non-hydrogen) atoms. The minimum atomic E-state index is -0.189. The van der Waals surface area contributed by atoms with Crippen LogP contribution >= 0.6 is 0 Å². The topological polar surface area (TPSA) is 131 Å². The molecule has 0 radical (unpaired) electrons. The van der Waals surface area contributed by atoms with E-state index in [0.29, 0.717) is 17.2 Å². The van der Waals surface area contributed by atoms with Gasteiger partial charge in [-0.2, -0.15) is 14.6 Å². The van der Waals surface area contributed by atoms with Crippen molar-refractivity contribution in [1.82, 2.24) is 34.7 Å². The average Bonchev–Trinajstić information content (AvgIpc) is 3.57. The molecule has 6 rings (SSSR count). The number of piperidine rings is 1. The Morgan fingerprint density at radius 2 is 1.97 bits per heavy atom. The molecule has 4 aromatic rings. The zero-order valence-corrected chi connectivity index (χ0v) is 17.5. The van der Waals surface area contributed by atoms with Gasteiger partial charge in [-0.1, -0.05) is 6.92 Å². The number of hydrogen-bond donors (Lipinski definition) is 2. The van der Waals surface area contributed by atoms with Crippen molar-refractivity contribution in [2.45, 2.75) is 38.5 Å². The van der Waals surface area contributed by atoms with Crippen LogP contribution in [-0.2, 0) is 16.0 Å². The van der Waals surface area contributed by atoms with Gasteiger partial charge in [0.15, 0.2) is 22.8 Å². The first-order valence-electron chi connectivity index (χ1n) is 10.6. The van der Waals surface area contributed by atoms with E-state index < -0.39 is 0 Å². The van der Waals surface area contributed by atoms with Crippen LogP contribution in [0.1, 0.15) is 26.2 Å². The van der Waals surface area contributed by atoms with Crippen LogP contribution in [0.2, 0.25) is 0 Å². The molecule has 0 aliphatic carbocycles. The van der Waals surface area contributed by atoms with Crippen LogP contribution in [0.15, 0.2) is 29.0 Å². The second-order valence-electron chi connectivity index (χ2n) is 7.58.